The number of hydrogen-bond donors (Lipinski definition) is 1. The first kappa shape index (κ1) is 13.0. The zero-order valence-corrected chi connectivity index (χ0v) is 11.0. The summed E-state index contributed by atoms with van der Waals surface area (Å²) >= 11 is 3.63. The maximum atomic E-state index is 7.07. The van der Waals surface area contributed by atoms with Gasteiger partial charge in [-0.15, -0.1) is 11.3 Å². The zero-order valence-electron chi connectivity index (χ0n) is 9.38. The summed E-state index contributed by atoms with van der Waals surface area (Å²) in [4.78, 5) is 2.64. The van der Waals surface area contributed by atoms with Crippen molar-refractivity contribution in [2.75, 3.05) is 12.3 Å². The predicted octanol–water partition coefficient (Wildman–Crippen LogP) is 2.85. The van der Waals surface area contributed by atoms with E-state index < -0.39 is 0 Å². The van der Waals surface area contributed by atoms with E-state index in [2.05, 4.69) is 26.0 Å². The quantitative estimate of drug-likeness (QED) is 0.781. The Hall–Kier alpha value is -0.0300. The van der Waals surface area contributed by atoms with E-state index in [9.17, 15) is 0 Å². The molecule has 1 radical (unpaired) electrons. The van der Waals surface area contributed by atoms with Gasteiger partial charge < -0.3 is 5.73 Å². The first-order valence-electron chi connectivity index (χ1n) is 5.20. The lowest BCUT2D eigenvalue weighted by Crippen LogP contribution is -2.30. The van der Waals surface area contributed by atoms with Crippen LogP contribution in [0.25, 0.3) is 0 Å². The molecule has 85 valence electrons. The molecule has 2 nitrogen and oxygen atoms in total. The van der Waals surface area contributed by atoms with Crippen LogP contribution in [0.1, 0.15) is 30.0 Å². The Morgan fingerprint density at radius 1 is 1.53 bits per heavy atom. The second-order valence-electron chi connectivity index (χ2n) is 3.84. The third kappa shape index (κ3) is 3.79. The summed E-state index contributed by atoms with van der Waals surface area (Å²) in [5, 5.41) is 0. The molecule has 0 amide bonds. The predicted molar refractivity (Wildman–Crippen MR) is 70.3 cm³/mol. The van der Waals surface area contributed by atoms with Crippen LogP contribution < -0.4 is 11.5 Å². The van der Waals surface area contributed by atoms with E-state index in [0.717, 1.165) is 17.9 Å². The van der Waals surface area contributed by atoms with E-state index in [1.165, 1.54) is 9.75 Å². The van der Waals surface area contributed by atoms with E-state index in [-0.39, 0.29) is 5.54 Å². The highest BCUT2D eigenvalue weighted by Gasteiger charge is 2.20. The standard InChI is InChI=1S/C11H19N2S2/c1-3-11(2,13)10-5-4-9(15-10)8-14-7-6-12/h4-5,12H,3,6-8,13H2,1-2H3. The molecule has 0 spiro atoms. The van der Waals surface area contributed by atoms with Crippen molar-refractivity contribution in [1.29, 1.82) is 0 Å². The Bertz CT molecular complexity index is 295. The van der Waals surface area contributed by atoms with Gasteiger partial charge in [0.05, 0.1) is 0 Å². The topological polar surface area (TPSA) is 49.8 Å². The van der Waals surface area contributed by atoms with Gasteiger partial charge in [0, 0.05) is 33.3 Å². The fourth-order valence-corrected chi connectivity index (χ4v) is 3.19. The number of nitrogens with one attached hydrogen (secondary N) is 1. The van der Waals surface area contributed by atoms with Crippen LogP contribution in [-0.2, 0) is 11.3 Å². The summed E-state index contributed by atoms with van der Waals surface area (Å²) in [5.74, 6) is 1.93. The Morgan fingerprint density at radius 2 is 2.27 bits per heavy atom. The van der Waals surface area contributed by atoms with Crippen LogP contribution in [0.4, 0.5) is 0 Å². The number of nitrogens with two attached hydrogens (primary N) is 1. The largest absolute Gasteiger partial charge is 0.321 e. The van der Waals surface area contributed by atoms with Gasteiger partial charge in [-0.05, 0) is 25.5 Å². The molecule has 0 aliphatic heterocycles. The van der Waals surface area contributed by atoms with Gasteiger partial charge >= 0.3 is 0 Å². The molecule has 0 saturated carbocycles. The van der Waals surface area contributed by atoms with E-state index in [1.807, 2.05) is 23.1 Å². The maximum Gasteiger partial charge on any atom is 0.0472 e. The van der Waals surface area contributed by atoms with Crippen molar-refractivity contribution in [3.63, 3.8) is 0 Å². The Morgan fingerprint density at radius 3 is 2.87 bits per heavy atom. The van der Waals surface area contributed by atoms with Crippen LogP contribution in [0.2, 0.25) is 0 Å². The van der Waals surface area contributed by atoms with Crippen molar-refractivity contribution in [2.45, 2.75) is 31.6 Å². The van der Waals surface area contributed by atoms with Crippen molar-refractivity contribution >= 4 is 23.1 Å². The molecule has 0 aromatic carbocycles. The molecule has 1 atom stereocenters. The van der Waals surface area contributed by atoms with Crippen molar-refractivity contribution < 1.29 is 0 Å². The molecular weight excluding hydrogens is 224 g/mol. The lowest BCUT2D eigenvalue weighted by Gasteiger charge is -2.20. The van der Waals surface area contributed by atoms with Crippen molar-refractivity contribution in [3.8, 4) is 0 Å². The average Bonchev–Trinajstić information content (AvgIpc) is 2.68. The molecule has 1 rings (SSSR count). The van der Waals surface area contributed by atoms with Crippen molar-refractivity contribution in [3.05, 3.63) is 21.9 Å². The molecule has 1 heterocycles. The van der Waals surface area contributed by atoms with Crippen LogP contribution in [0.3, 0.4) is 0 Å². The minimum Gasteiger partial charge on any atom is -0.321 e. The summed E-state index contributed by atoms with van der Waals surface area (Å²) in [6, 6.07) is 4.31. The minimum atomic E-state index is -0.178. The van der Waals surface area contributed by atoms with Gasteiger partial charge in [-0.1, -0.05) is 6.92 Å². The summed E-state index contributed by atoms with van der Waals surface area (Å²) in [6.45, 7) is 4.71. The molecule has 4 heteroatoms. The fraction of sp³-hybridized carbons (Fsp3) is 0.636. The Labute approximate surface area is 100 Å². The van der Waals surface area contributed by atoms with Crippen LogP contribution in [0.5, 0.6) is 0 Å². The first-order valence-corrected chi connectivity index (χ1v) is 7.17. The minimum absolute atomic E-state index is 0.178. The smallest absolute Gasteiger partial charge is 0.0472 e. The van der Waals surface area contributed by atoms with E-state index in [4.69, 9.17) is 11.5 Å². The highest BCUT2D eigenvalue weighted by atomic mass is 32.2. The molecule has 0 bridgehead atoms. The van der Waals surface area contributed by atoms with Crippen LogP contribution in [0, 0.1) is 0 Å². The SMILES string of the molecule is CCC(C)(N)c1ccc(CSCC[NH])s1. The van der Waals surface area contributed by atoms with Gasteiger partial charge in [0.2, 0.25) is 0 Å². The third-order valence-electron chi connectivity index (χ3n) is 2.45. The summed E-state index contributed by atoms with van der Waals surface area (Å²) in [6.07, 6.45) is 0.965. The van der Waals surface area contributed by atoms with Crippen molar-refractivity contribution in [1.82, 2.24) is 5.73 Å². The van der Waals surface area contributed by atoms with Gasteiger partial charge in [0.1, 0.15) is 0 Å². The normalized spacial score (nSPS) is 15.2. The molecule has 0 saturated heterocycles. The molecule has 0 fully saturated rings. The molecule has 15 heavy (non-hydrogen) atoms. The molecule has 1 aromatic heterocycles. The number of thioether (sulfide) groups is 1. The molecule has 0 aliphatic rings. The highest BCUT2D eigenvalue weighted by molar-refractivity contribution is 7.98. The molecule has 1 unspecified atom stereocenters. The lowest BCUT2D eigenvalue weighted by atomic mass is 9.99. The summed E-state index contributed by atoms with van der Waals surface area (Å²) < 4.78 is 0. The lowest BCUT2D eigenvalue weighted by molar-refractivity contribution is 0.486. The van der Waals surface area contributed by atoms with Crippen LogP contribution in [0.15, 0.2) is 12.1 Å². The monoisotopic (exact) mass is 243 g/mol. The van der Waals surface area contributed by atoms with Crippen LogP contribution >= 0.6 is 23.1 Å². The van der Waals surface area contributed by atoms with Gasteiger partial charge in [-0.25, -0.2) is 0 Å². The molecular formula is C11H19N2S2. The summed E-state index contributed by atoms with van der Waals surface area (Å²) in [5.41, 5.74) is 13.1. The first-order chi connectivity index (χ1) is 7.10. The third-order valence-corrected chi connectivity index (χ3v) is 5.01. The number of thiophene rings is 1. The fourth-order valence-electron chi connectivity index (χ4n) is 1.18. The number of rotatable bonds is 6. The number of hydrogen-bond acceptors (Lipinski definition) is 3. The van der Waals surface area contributed by atoms with Gasteiger partial charge in [0.25, 0.3) is 0 Å². The van der Waals surface area contributed by atoms with Crippen molar-refractivity contribution in [2.24, 2.45) is 5.73 Å². The van der Waals surface area contributed by atoms with E-state index in [0.29, 0.717) is 6.54 Å². The molecule has 3 N–H and O–H groups in total. The zero-order chi connectivity index (χ0) is 11.3. The van der Waals surface area contributed by atoms with Gasteiger partial charge in [-0.2, -0.15) is 11.8 Å². The highest BCUT2D eigenvalue weighted by Crippen LogP contribution is 2.30. The Balaban J connectivity index is 2.56. The molecule has 0 aliphatic carbocycles. The Kier molecular flexibility index (Phi) is 5.12. The second kappa shape index (κ2) is 5.89. The van der Waals surface area contributed by atoms with Gasteiger partial charge in [0.15, 0.2) is 0 Å². The molecule has 1 aromatic rings. The van der Waals surface area contributed by atoms with E-state index in [1.54, 1.807) is 0 Å². The summed E-state index contributed by atoms with van der Waals surface area (Å²) in [7, 11) is 0. The van der Waals surface area contributed by atoms with E-state index >= 15 is 0 Å². The second-order valence-corrected chi connectivity index (χ2v) is 6.11. The van der Waals surface area contributed by atoms with Crippen LogP contribution in [-0.4, -0.2) is 12.3 Å². The maximum absolute atomic E-state index is 7.07. The van der Waals surface area contributed by atoms with Gasteiger partial charge in [-0.3, -0.25) is 5.73 Å². The average molecular weight is 243 g/mol.